The van der Waals surface area contributed by atoms with Crippen molar-refractivity contribution in [2.24, 2.45) is 5.73 Å². The van der Waals surface area contributed by atoms with Crippen molar-refractivity contribution in [2.75, 3.05) is 11.5 Å². The number of carboxylic acids is 1. The molecule has 1 heterocycles. The summed E-state index contributed by atoms with van der Waals surface area (Å²) in [6, 6.07) is -1.46. The van der Waals surface area contributed by atoms with Crippen LogP contribution in [0.1, 0.15) is 25.7 Å². The summed E-state index contributed by atoms with van der Waals surface area (Å²) < 4.78 is 48.7. The molecule has 4 N–H and O–H groups in total. The maximum atomic E-state index is 12.1. The Morgan fingerprint density at radius 2 is 1.81 bits per heavy atom. The first kappa shape index (κ1) is 17.9. The summed E-state index contributed by atoms with van der Waals surface area (Å²) in [4.78, 5) is 21.7. The number of carbonyl (C=O) groups is 2. The minimum atomic E-state index is -3.97. The van der Waals surface area contributed by atoms with Crippen LogP contribution >= 0.6 is 0 Å². The molecular formula is C10H18N2O7S2. The fraction of sp³-hybridized carbons (Fsp3) is 0.800. The molecule has 122 valence electrons. The van der Waals surface area contributed by atoms with Crippen LogP contribution in [0, 0.1) is 0 Å². The number of sulfone groups is 1. The second-order valence-corrected chi connectivity index (χ2v) is 9.21. The first-order valence-corrected chi connectivity index (χ1v) is 9.63. The van der Waals surface area contributed by atoms with Crippen molar-refractivity contribution in [3.63, 3.8) is 0 Å². The lowest BCUT2D eigenvalue weighted by Crippen LogP contribution is -2.47. The minimum Gasteiger partial charge on any atom is -0.480 e. The average molecular weight is 342 g/mol. The topological polar surface area (TPSA) is 161 Å². The van der Waals surface area contributed by atoms with E-state index in [0.29, 0.717) is 0 Å². The highest BCUT2D eigenvalue weighted by molar-refractivity contribution is 7.92. The van der Waals surface area contributed by atoms with Gasteiger partial charge in [-0.15, -0.1) is 0 Å². The molecule has 1 saturated heterocycles. The van der Waals surface area contributed by atoms with Crippen molar-refractivity contribution in [2.45, 2.75) is 37.0 Å². The third-order valence-electron chi connectivity index (χ3n) is 3.22. The number of hydrogen-bond acceptors (Lipinski definition) is 6. The molecule has 0 aromatic carbocycles. The molecule has 1 aliphatic heterocycles. The van der Waals surface area contributed by atoms with E-state index in [4.69, 9.17) is 10.8 Å². The molecule has 0 saturated carbocycles. The molecule has 0 radical (unpaired) electrons. The molecule has 0 aromatic rings. The van der Waals surface area contributed by atoms with Crippen LogP contribution in [0.15, 0.2) is 0 Å². The van der Waals surface area contributed by atoms with Crippen LogP contribution in [0.3, 0.4) is 0 Å². The standard InChI is InChI=1S/C10H18N2O7S2/c11-9(13)2-1-8(10(14)15)12-21(18,19)7-3-5-20(16,17)6-4-7/h7-8,12H,1-6H2,(H2,11,13)(H,14,15)/t8-/m1/s1. The number of sulfonamides is 1. The zero-order chi connectivity index (χ0) is 16.3. The highest BCUT2D eigenvalue weighted by atomic mass is 32.2. The normalized spacial score (nSPS) is 20.8. The van der Waals surface area contributed by atoms with Gasteiger partial charge in [-0.1, -0.05) is 0 Å². The largest absolute Gasteiger partial charge is 0.480 e. The molecule has 1 atom stereocenters. The monoisotopic (exact) mass is 342 g/mol. The Morgan fingerprint density at radius 3 is 2.24 bits per heavy atom. The van der Waals surface area contributed by atoms with E-state index in [-0.39, 0.29) is 37.2 Å². The Balaban J connectivity index is 2.73. The quantitative estimate of drug-likeness (QED) is 0.492. The van der Waals surface area contributed by atoms with Gasteiger partial charge in [-0.05, 0) is 19.3 Å². The van der Waals surface area contributed by atoms with Gasteiger partial charge in [-0.2, -0.15) is 0 Å². The molecule has 1 rings (SSSR count). The lowest BCUT2D eigenvalue weighted by Gasteiger charge is -2.24. The number of nitrogens with one attached hydrogen (secondary N) is 1. The van der Waals surface area contributed by atoms with Crippen LogP contribution in [0.25, 0.3) is 0 Å². The number of aliphatic carboxylic acids is 1. The summed E-state index contributed by atoms with van der Waals surface area (Å²) in [6.45, 7) is 0. The molecule has 11 heteroatoms. The number of hydrogen-bond donors (Lipinski definition) is 3. The maximum absolute atomic E-state index is 12.1. The van der Waals surface area contributed by atoms with E-state index in [0.717, 1.165) is 0 Å². The third kappa shape index (κ3) is 5.59. The van der Waals surface area contributed by atoms with Gasteiger partial charge in [0.2, 0.25) is 15.9 Å². The van der Waals surface area contributed by atoms with Crippen LogP contribution in [0.2, 0.25) is 0 Å². The zero-order valence-corrected chi connectivity index (χ0v) is 12.8. The zero-order valence-electron chi connectivity index (χ0n) is 11.2. The van der Waals surface area contributed by atoms with Gasteiger partial charge in [0.15, 0.2) is 0 Å². The smallest absolute Gasteiger partial charge is 0.321 e. The van der Waals surface area contributed by atoms with Gasteiger partial charge < -0.3 is 10.8 Å². The molecule has 1 aliphatic rings. The predicted octanol–water partition coefficient (Wildman–Crippen LogP) is -1.80. The average Bonchev–Trinajstić information content (AvgIpc) is 2.33. The number of amides is 1. The number of carbonyl (C=O) groups excluding carboxylic acids is 1. The van der Waals surface area contributed by atoms with E-state index < -0.39 is 43.0 Å². The Hall–Kier alpha value is -1.20. The first-order valence-electron chi connectivity index (χ1n) is 6.26. The SMILES string of the molecule is NC(=O)CC[C@@H](NS(=O)(=O)C1CCS(=O)(=O)CC1)C(=O)O. The van der Waals surface area contributed by atoms with Crippen LogP contribution in [0.5, 0.6) is 0 Å². The van der Waals surface area contributed by atoms with Crippen LogP contribution < -0.4 is 10.5 Å². The van der Waals surface area contributed by atoms with E-state index in [1.807, 2.05) is 4.72 Å². The third-order valence-corrected chi connectivity index (χ3v) is 6.90. The van der Waals surface area contributed by atoms with Crippen molar-refractivity contribution in [3.8, 4) is 0 Å². The van der Waals surface area contributed by atoms with E-state index in [9.17, 15) is 26.4 Å². The van der Waals surface area contributed by atoms with Crippen molar-refractivity contribution in [1.29, 1.82) is 0 Å². The van der Waals surface area contributed by atoms with E-state index in [1.165, 1.54) is 0 Å². The highest BCUT2D eigenvalue weighted by Gasteiger charge is 2.35. The number of primary amides is 1. The second kappa shape index (κ2) is 6.71. The molecule has 0 aliphatic carbocycles. The number of carboxylic acid groups (broad SMARTS) is 1. The molecule has 0 aromatic heterocycles. The fourth-order valence-electron chi connectivity index (χ4n) is 1.99. The maximum Gasteiger partial charge on any atom is 0.321 e. The fourth-order valence-corrected chi connectivity index (χ4v) is 5.45. The summed E-state index contributed by atoms with van der Waals surface area (Å²) in [5.74, 6) is -2.62. The molecule has 0 spiro atoms. The Bertz CT molecular complexity index is 597. The van der Waals surface area contributed by atoms with Gasteiger partial charge in [0.25, 0.3) is 0 Å². The number of rotatable bonds is 7. The second-order valence-electron chi connectivity index (χ2n) is 4.91. The molecule has 9 nitrogen and oxygen atoms in total. The van der Waals surface area contributed by atoms with Gasteiger partial charge in [-0.25, -0.2) is 21.6 Å². The van der Waals surface area contributed by atoms with Crippen LogP contribution in [0.4, 0.5) is 0 Å². The lowest BCUT2D eigenvalue weighted by molar-refractivity contribution is -0.139. The van der Waals surface area contributed by atoms with Gasteiger partial charge in [0, 0.05) is 6.42 Å². The van der Waals surface area contributed by atoms with Gasteiger partial charge in [-0.3, -0.25) is 9.59 Å². The Kier molecular flexibility index (Phi) is 5.70. The summed E-state index contributed by atoms with van der Waals surface area (Å²) in [7, 11) is -7.18. The molecule has 0 bridgehead atoms. The lowest BCUT2D eigenvalue weighted by atomic mass is 10.2. The molecule has 21 heavy (non-hydrogen) atoms. The van der Waals surface area contributed by atoms with E-state index >= 15 is 0 Å². The van der Waals surface area contributed by atoms with Crippen LogP contribution in [-0.4, -0.2) is 56.6 Å². The Labute approximate surface area is 122 Å². The summed E-state index contributed by atoms with van der Waals surface area (Å²) in [6.07, 6.45) is -0.660. The van der Waals surface area contributed by atoms with Crippen molar-refractivity contribution < 1.29 is 31.5 Å². The number of nitrogens with two attached hydrogens (primary N) is 1. The molecule has 1 fully saturated rings. The van der Waals surface area contributed by atoms with Crippen LogP contribution in [-0.2, 0) is 29.4 Å². The summed E-state index contributed by atoms with van der Waals surface area (Å²) in [5.41, 5.74) is 4.90. The molecule has 0 unspecified atom stereocenters. The highest BCUT2D eigenvalue weighted by Crippen LogP contribution is 2.19. The van der Waals surface area contributed by atoms with Crippen molar-refractivity contribution >= 4 is 31.7 Å². The van der Waals surface area contributed by atoms with Gasteiger partial charge in [0.1, 0.15) is 15.9 Å². The minimum absolute atomic E-state index is 0.0696. The predicted molar refractivity (Wildman–Crippen MR) is 73.6 cm³/mol. The van der Waals surface area contributed by atoms with E-state index in [2.05, 4.69) is 0 Å². The first-order chi connectivity index (χ1) is 9.53. The molecule has 1 amide bonds. The van der Waals surface area contributed by atoms with E-state index in [1.54, 1.807) is 0 Å². The summed E-state index contributed by atoms with van der Waals surface area (Å²) >= 11 is 0. The summed E-state index contributed by atoms with van der Waals surface area (Å²) in [5, 5.41) is 8.01. The van der Waals surface area contributed by atoms with Gasteiger partial charge in [0.05, 0.1) is 16.8 Å². The van der Waals surface area contributed by atoms with Crippen molar-refractivity contribution in [3.05, 3.63) is 0 Å². The molecular weight excluding hydrogens is 324 g/mol. The Morgan fingerprint density at radius 1 is 1.29 bits per heavy atom. The van der Waals surface area contributed by atoms with Gasteiger partial charge >= 0.3 is 5.97 Å². The van der Waals surface area contributed by atoms with Crippen molar-refractivity contribution in [1.82, 2.24) is 4.72 Å².